The van der Waals surface area contributed by atoms with Crippen LogP contribution in [-0.4, -0.2) is 66.5 Å². The van der Waals surface area contributed by atoms with Crippen LogP contribution in [-0.2, 0) is 27.8 Å². The van der Waals surface area contributed by atoms with Gasteiger partial charge in [-0.05, 0) is 63.9 Å². The standard InChI is InChI=1S/C27H32Cl2F3N3O6S/c1-5-42(38,39)35(14-17-7-6-8-19(28)11-17)24(36)18-12-22(29)21(23(13-18)40-27(30,31)32)16-34-10-9-20(15-34)33-25(37)41-26(2,3)4/h6-8,11-13,20H,5,9-10,14-16H2,1-4H3,(H,33,37). The maximum atomic E-state index is 13.5. The lowest BCUT2D eigenvalue weighted by Gasteiger charge is -2.24. The predicted octanol–water partition coefficient (Wildman–Crippen LogP) is 5.98. The van der Waals surface area contributed by atoms with Crippen molar-refractivity contribution in [3.8, 4) is 5.75 Å². The Morgan fingerprint density at radius 1 is 1.14 bits per heavy atom. The molecule has 42 heavy (non-hydrogen) atoms. The second-order valence-corrected chi connectivity index (χ2v) is 13.7. The Morgan fingerprint density at radius 2 is 1.83 bits per heavy atom. The molecule has 0 radical (unpaired) electrons. The van der Waals surface area contributed by atoms with E-state index in [1.165, 1.54) is 13.0 Å². The molecule has 2 amide bonds. The normalized spacial score (nSPS) is 16.3. The zero-order chi connectivity index (χ0) is 31.5. The number of rotatable bonds is 9. The van der Waals surface area contributed by atoms with Crippen molar-refractivity contribution in [1.29, 1.82) is 0 Å². The second kappa shape index (κ2) is 13.3. The number of benzene rings is 2. The van der Waals surface area contributed by atoms with Gasteiger partial charge in [-0.3, -0.25) is 9.69 Å². The fourth-order valence-corrected chi connectivity index (χ4v) is 5.79. The maximum absolute atomic E-state index is 13.5. The van der Waals surface area contributed by atoms with Crippen LogP contribution < -0.4 is 10.1 Å². The van der Waals surface area contributed by atoms with Crippen LogP contribution in [0.1, 0.15) is 55.6 Å². The molecule has 2 aromatic rings. The summed E-state index contributed by atoms with van der Waals surface area (Å²) in [7, 11) is -4.15. The third kappa shape index (κ3) is 9.65. The van der Waals surface area contributed by atoms with E-state index in [0.29, 0.717) is 34.4 Å². The minimum atomic E-state index is -5.12. The molecule has 1 atom stereocenters. The van der Waals surface area contributed by atoms with E-state index < -0.39 is 57.6 Å². The van der Waals surface area contributed by atoms with Gasteiger partial charge in [0.15, 0.2) is 0 Å². The molecule has 15 heteroatoms. The smallest absolute Gasteiger partial charge is 0.444 e. The molecule has 1 saturated heterocycles. The molecule has 0 bridgehead atoms. The number of alkyl halides is 3. The maximum Gasteiger partial charge on any atom is 0.573 e. The zero-order valence-electron chi connectivity index (χ0n) is 23.4. The third-order valence-corrected chi connectivity index (χ3v) is 8.41. The van der Waals surface area contributed by atoms with Gasteiger partial charge in [0.25, 0.3) is 5.91 Å². The molecule has 1 heterocycles. The lowest BCUT2D eigenvalue weighted by atomic mass is 10.1. The van der Waals surface area contributed by atoms with Crippen LogP contribution in [0.4, 0.5) is 18.0 Å². The first-order chi connectivity index (χ1) is 19.4. The average molecular weight is 655 g/mol. The molecule has 1 aliphatic heterocycles. The monoisotopic (exact) mass is 653 g/mol. The third-order valence-electron chi connectivity index (χ3n) is 6.14. The van der Waals surface area contributed by atoms with E-state index in [2.05, 4.69) is 10.1 Å². The van der Waals surface area contributed by atoms with Gasteiger partial charge in [0.2, 0.25) is 10.0 Å². The van der Waals surface area contributed by atoms with Crippen molar-refractivity contribution >= 4 is 45.2 Å². The summed E-state index contributed by atoms with van der Waals surface area (Å²) in [6.07, 6.45) is -5.22. The Hall–Kier alpha value is -2.74. The van der Waals surface area contributed by atoms with E-state index in [-0.39, 0.29) is 23.2 Å². The molecule has 1 aliphatic rings. The van der Waals surface area contributed by atoms with E-state index in [1.807, 2.05) is 0 Å². The van der Waals surface area contributed by atoms with Gasteiger partial charge in [0, 0.05) is 46.8 Å². The topological polar surface area (TPSA) is 105 Å². The Labute approximate surface area is 252 Å². The summed E-state index contributed by atoms with van der Waals surface area (Å²) in [6, 6.07) is 7.82. The molecule has 0 saturated carbocycles. The summed E-state index contributed by atoms with van der Waals surface area (Å²) < 4.78 is 76.1. The quantitative estimate of drug-likeness (QED) is 0.355. The first-order valence-electron chi connectivity index (χ1n) is 13.0. The Balaban J connectivity index is 1.89. The van der Waals surface area contributed by atoms with Gasteiger partial charge in [0.1, 0.15) is 11.4 Å². The molecular formula is C27H32Cl2F3N3O6S. The van der Waals surface area contributed by atoms with Crippen molar-refractivity contribution in [2.75, 3.05) is 18.8 Å². The zero-order valence-corrected chi connectivity index (χ0v) is 25.8. The van der Waals surface area contributed by atoms with E-state index in [4.69, 9.17) is 27.9 Å². The van der Waals surface area contributed by atoms with Crippen LogP contribution in [0, 0.1) is 0 Å². The largest absolute Gasteiger partial charge is 0.573 e. The lowest BCUT2D eigenvalue weighted by Crippen LogP contribution is -2.40. The number of nitrogens with one attached hydrogen (secondary N) is 1. The van der Waals surface area contributed by atoms with Crippen molar-refractivity contribution in [3.05, 3.63) is 63.1 Å². The van der Waals surface area contributed by atoms with Crippen LogP contribution in [0.15, 0.2) is 36.4 Å². The summed E-state index contributed by atoms with van der Waals surface area (Å²) in [4.78, 5) is 27.4. The molecule has 2 aromatic carbocycles. The number of amides is 2. The molecule has 0 spiro atoms. The van der Waals surface area contributed by atoms with Crippen molar-refractivity contribution in [1.82, 2.24) is 14.5 Å². The number of halogens is 5. The van der Waals surface area contributed by atoms with Crippen molar-refractivity contribution < 1.29 is 40.7 Å². The number of sulfonamides is 1. The summed E-state index contributed by atoms with van der Waals surface area (Å²) in [5.74, 6) is -2.26. The first-order valence-corrected chi connectivity index (χ1v) is 15.3. The van der Waals surface area contributed by atoms with Crippen LogP contribution >= 0.6 is 23.2 Å². The summed E-state index contributed by atoms with van der Waals surface area (Å²) in [5.41, 5.74) is -0.763. The molecule has 232 valence electrons. The highest BCUT2D eigenvalue weighted by molar-refractivity contribution is 7.89. The van der Waals surface area contributed by atoms with Crippen molar-refractivity contribution in [3.63, 3.8) is 0 Å². The van der Waals surface area contributed by atoms with E-state index in [9.17, 15) is 31.2 Å². The molecule has 9 nitrogen and oxygen atoms in total. The first kappa shape index (κ1) is 33.8. The SMILES string of the molecule is CCS(=O)(=O)N(Cc1cccc(Cl)c1)C(=O)c1cc(Cl)c(CN2CCC(NC(=O)OC(C)(C)C)C2)c(OC(F)(F)F)c1. The molecular weight excluding hydrogens is 622 g/mol. The van der Waals surface area contributed by atoms with Gasteiger partial charge < -0.3 is 14.8 Å². The average Bonchev–Trinajstić information content (AvgIpc) is 3.28. The van der Waals surface area contributed by atoms with E-state index in [1.54, 1.807) is 43.9 Å². The minimum absolute atomic E-state index is 0.0526. The Morgan fingerprint density at radius 3 is 2.43 bits per heavy atom. The molecule has 0 aromatic heterocycles. The van der Waals surface area contributed by atoms with Gasteiger partial charge in [-0.1, -0.05) is 35.3 Å². The molecule has 3 rings (SSSR count). The highest BCUT2D eigenvalue weighted by Crippen LogP contribution is 2.35. The number of alkyl carbamates (subject to hydrolysis) is 1. The minimum Gasteiger partial charge on any atom is -0.444 e. The van der Waals surface area contributed by atoms with Crippen LogP contribution in [0.2, 0.25) is 10.0 Å². The van der Waals surface area contributed by atoms with Crippen LogP contribution in [0.5, 0.6) is 5.75 Å². The molecule has 0 aliphatic carbocycles. The fourth-order valence-electron chi connectivity index (χ4n) is 4.29. The summed E-state index contributed by atoms with van der Waals surface area (Å²) in [6.45, 7) is 6.73. The molecule has 1 N–H and O–H groups in total. The number of carbonyl (C=O) groups excluding carboxylic acids is 2. The highest BCUT2D eigenvalue weighted by atomic mass is 35.5. The number of ether oxygens (including phenoxy) is 2. The van der Waals surface area contributed by atoms with Crippen molar-refractivity contribution in [2.24, 2.45) is 0 Å². The van der Waals surface area contributed by atoms with Crippen LogP contribution in [0.3, 0.4) is 0 Å². The molecule has 1 unspecified atom stereocenters. The predicted molar refractivity (Wildman–Crippen MR) is 152 cm³/mol. The highest BCUT2D eigenvalue weighted by Gasteiger charge is 2.35. The van der Waals surface area contributed by atoms with Crippen molar-refractivity contribution in [2.45, 2.75) is 65.2 Å². The number of likely N-dealkylation sites (tertiary alicyclic amines) is 1. The summed E-state index contributed by atoms with van der Waals surface area (Å²) >= 11 is 12.4. The fraction of sp³-hybridized carbons (Fsp3) is 0.481. The van der Waals surface area contributed by atoms with E-state index in [0.717, 1.165) is 12.1 Å². The van der Waals surface area contributed by atoms with Crippen LogP contribution in [0.25, 0.3) is 0 Å². The Bertz CT molecular complexity index is 1420. The Kier molecular flexibility index (Phi) is 10.7. The number of hydrogen-bond acceptors (Lipinski definition) is 7. The second-order valence-electron chi connectivity index (χ2n) is 10.7. The number of hydrogen-bond donors (Lipinski definition) is 1. The van der Waals surface area contributed by atoms with Gasteiger partial charge in [-0.15, -0.1) is 13.2 Å². The number of nitrogens with zero attached hydrogens (tertiary/aromatic N) is 2. The van der Waals surface area contributed by atoms with Gasteiger partial charge in [-0.25, -0.2) is 17.5 Å². The van der Waals surface area contributed by atoms with E-state index >= 15 is 0 Å². The van der Waals surface area contributed by atoms with Gasteiger partial charge in [0.05, 0.1) is 12.3 Å². The lowest BCUT2D eigenvalue weighted by molar-refractivity contribution is -0.275. The number of carbonyl (C=O) groups is 2. The van der Waals surface area contributed by atoms with Gasteiger partial charge in [-0.2, -0.15) is 0 Å². The summed E-state index contributed by atoms with van der Waals surface area (Å²) in [5, 5.41) is 2.83. The molecule has 1 fully saturated rings. The van der Waals surface area contributed by atoms with Gasteiger partial charge >= 0.3 is 12.5 Å².